The zero-order chi connectivity index (χ0) is 28.7. The Bertz CT molecular complexity index is 1180. The Morgan fingerprint density at radius 1 is 1.07 bits per heavy atom. The first-order valence-corrected chi connectivity index (χ1v) is 15.5. The van der Waals surface area contributed by atoms with Gasteiger partial charge in [-0.3, -0.25) is 10.1 Å². The first-order chi connectivity index (χ1) is 18.9. The van der Waals surface area contributed by atoms with E-state index < -0.39 is 17.6 Å². The Hall–Kier alpha value is -2.15. The van der Waals surface area contributed by atoms with Crippen LogP contribution in [0.4, 0.5) is 0 Å². The molecule has 1 aromatic carbocycles. The predicted molar refractivity (Wildman–Crippen MR) is 160 cm³/mol. The molecule has 1 aliphatic heterocycles. The number of rotatable bonds is 9. The Kier molecular flexibility index (Phi) is 8.26. The molecular weight excluding hydrogens is 500 g/mol. The van der Waals surface area contributed by atoms with Gasteiger partial charge in [-0.15, -0.1) is 0 Å². The quantitative estimate of drug-likeness (QED) is 0.297. The molecule has 2 aromatic rings. The molecule has 1 unspecified atom stereocenters. The molecule has 2 aliphatic carbocycles. The predicted octanol–water partition coefficient (Wildman–Crippen LogP) is 6.85. The van der Waals surface area contributed by atoms with Gasteiger partial charge in [0.15, 0.2) is 0 Å². The van der Waals surface area contributed by atoms with Crippen LogP contribution >= 0.6 is 0 Å². The first-order valence-electron chi connectivity index (χ1n) is 15.5. The highest BCUT2D eigenvalue weighted by Gasteiger charge is 2.41. The lowest BCUT2D eigenvalue weighted by atomic mass is 9.80. The SMILES string of the molecule is Cc1c(C(O)NCC2(C(=O)O)CCOCC2)cc(-c2cc(C(C)(C)C)cc(C3(C)CC3)c2)n1CC1CCCCC1. The number of benzene rings is 1. The lowest BCUT2D eigenvalue weighted by molar-refractivity contribution is -0.155. The highest BCUT2D eigenvalue weighted by molar-refractivity contribution is 5.75. The largest absolute Gasteiger partial charge is 0.481 e. The molecule has 6 heteroatoms. The molecule has 1 saturated heterocycles. The molecule has 0 spiro atoms. The lowest BCUT2D eigenvalue weighted by Crippen LogP contribution is -2.46. The molecule has 0 radical (unpaired) electrons. The molecule has 2 heterocycles. The molecule has 3 N–H and O–H groups in total. The highest BCUT2D eigenvalue weighted by Crippen LogP contribution is 2.49. The molecule has 220 valence electrons. The number of hydrogen-bond donors (Lipinski definition) is 3. The number of ether oxygens (including phenoxy) is 1. The van der Waals surface area contributed by atoms with Gasteiger partial charge in [-0.2, -0.15) is 0 Å². The number of aliphatic carboxylic acids is 1. The number of aliphatic hydroxyl groups excluding tert-OH is 1. The number of hydrogen-bond acceptors (Lipinski definition) is 4. The molecule has 0 amide bonds. The average Bonchev–Trinajstić information content (AvgIpc) is 3.61. The average molecular weight is 551 g/mol. The minimum absolute atomic E-state index is 0.0323. The van der Waals surface area contributed by atoms with Crippen LogP contribution < -0.4 is 5.32 Å². The fourth-order valence-electron chi connectivity index (χ4n) is 6.71. The van der Waals surface area contributed by atoms with Crippen molar-refractivity contribution in [3.8, 4) is 11.3 Å². The van der Waals surface area contributed by atoms with Crippen molar-refractivity contribution in [2.45, 2.75) is 116 Å². The van der Waals surface area contributed by atoms with Gasteiger partial charge in [0.05, 0.1) is 5.41 Å². The maximum absolute atomic E-state index is 12.2. The van der Waals surface area contributed by atoms with Gasteiger partial charge in [0.1, 0.15) is 6.23 Å². The van der Waals surface area contributed by atoms with E-state index >= 15 is 0 Å². The van der Waals surface area contributed by atoms with Gasteiger partial charge < -0.3 is 19.5 Å². The minimum Gasteiger partial charge on any atom is -0.481 e. The van der Waals surface area contributed by atoms with E-state index in [0.717, 1.165) is 23.5 Å². The maximum Gasteiger partial charge on any atom is 0.311 e. The number of nitrogens with zero attached hydrogens (tertiary/aromatic N) is 1. The Balaban J connectivity index is 1.52. The van der Waals surface area contributed by atoms with Crippen LogP contribution in [0.1, 0.15) is 114 Å². The zero-order valence-electron chi connectivity index (χ0n) is 25.3. The van der Waals surface area contributed by atoms with Crippen molar-refractivity contribution in [3.63, 3.8) is 0 Å². The Morgan fingerprint density at radius 3 is 2.35 bits per heavy atom. The summed E-state index contributed by atoms with van der Waals surface area (Å²) in [6.07, 6.45) is 8.85. The van der Waals surface area contributed by atoms with Crippen LogP contribution in [-0.2, 0) is 26.9 Å². The maximum atomic E-state index is 12.2. The second-order valence-electron chi connectivity index (χ2n) is 14.3. The summed E-state index contributed by atoms with van der Waals surface area (Å²) in [4.78, 5) is 12.2. The van der Waals surface area contributed by atoms with E-state index in [9.17, 15) is 15.0 Å². The van der Waals surface area contributed by atoms with E-state index in [4.69, 9.17) is 4.74 Å². The summed E-state index contributed by atoms with van der Waals surface area (Å²) in [7, 11) is 0. The number of carboxylic acids is 1. The first kappa shape index (κ1) is 29.3. The number of carboxylic acid groups (broad SMARTS) is 1. The third-order valence-electron chi connectivity index (χ3n) is 10.2. The molecule has 5 rings (SSSR count). The number of aromatic nitrogens is 1. The third kappa shape index (κ3) is 6.05. The summed E-state index contributed by atoms with van der Waals surface area (Å²) in [5.74, 6) is -0.178. The van der Waals surface area contributed by atoms with E-state index in [2.05, 4.69) is 68.8 Å². The van der Waals surface area contributed by atoms with Crippen molar-refractivity contribution >= 4 is 5.97 Å². The fourth-order valence-corrected chi connectivity index (χ4v) is 6.71. The van der Waals surface area contributed by atoms with Crippen LogP contribution in [0.3, 0.4) is 0 Å². The van der Waals surface area contributed by atoms with Crippen LogP contribution in [-0.4, -0.2) is 40.5 Å². The van der Waals surface area contributed by atoms with Crippen LogP contribution in [0.15, 0.2) is 24.3 Å². The van der Waals surface area contributed by atoms with Crippen LogP contribution in [0.2, 0.25) is 0 Å². The van der Waals surface area contributed by atoms with Gasteiger partial charge in [-0.05, 0) is 97.1 Å². The Labute approximate surface area is 240 Å². The van der Waals surface area contributed by atoms with Crippen LogP contribution in [0.5, 0.6) is 0 Å². The van der Waals surface area contributed by atoms with E-state index in [1.807, 2.05) is 0 Å². The van der Waals surface area contributed by atoms with Crippen LogP contribution in [0, 0.1) is 18.3 Å². The smallest absolute Gasteiger partial charge is 0.311 e. The third-order valence-corrected chi connectivity index (χ3v) is 10.2. The second-order valence-corrected chi connectivity index (χ2v) is 14.3. The van der Waals surface area contributed by atoms with E-state index in [1.165, 1.54) is 61.6 Å². The van der Waals surface area contributed by atoms with Crippen molar-refractivity contribution in [3.05, 3.63) is 46.6 Å². The van der Waals surface area contributed by atoms with Gasteiger partial charge in [-0.25, -0.2) is 0 Å². The van der Waals surface area contributed by atoms with Crippen molar-refractivity contribution in [1.29, 1.82) is 0 Å². The standard InChI is InChI=1S/C34H50N2O4/c1-23-28(30(37)35-22-34(31(38)39)13-15-40-16-14-34)20-29(36(23)21-24-9-7-6-8-10-24)25-17-26(32(2,3)4)19-27(18-25)33(5)11-12-33/h17-20,24,30,35,37H,6-16,21-22H2,1-5H3,(H,38,39). The van der Waals surface area contributed by atoms with Crippen molar-refractivity contribution in [1.82, 2.24) is 9.88 Å². The van der Waals surface area contributed by atoms with E-state index in [-0.39, 0.29) is 17.4 Å². The molecule has 40 heavy (non-hydrogen) atoms. The summed E-state index contributed by atoms with van der Waals surface area (Å²) >= 11 is 0. The molecule has 1 aromatic heterocycles. The fraction of sp³-hybridized carbons (Fsp3) is 0.676. The number of aliphatic hydroxyl groups is 1. The summed E-state index contributed by atoms with van der Waals surface area (Å²) in [5.41, 5.74) is 6.44. The van der Waals surface area contributed by atoms with Gasteiger partial charge in [-0.1, -0.05) is 53.0 Å². The van der Waals surface area contributed by atoms with Gasteiger partial charge >= 0.3 is 5.97 Å². The molecular formula is C34H50N2O4. The molecule has 3 fully saturated rings. The van der Waals surface area contributed by atoms with Crippen molar-refractivity contribution in [2.24, 2.45) is 11.3 Å². The van der Waals surface area contributed by atoms with Gasteiger partial charge in [0.25, 0.3) is 0 Å². The lowest BCUT2D eigenvalue weighted by Gasteiger charge is -2.34. The summed E-state index contributed by atoms with van der Waals surface area (Å²) in [6.45, 7) is 13.4. The van der Waals surface area contributed by atoms with Crippen LogP contribution in [0.25, 0.3) is 11.3 Å². The van der Waals surface area contributed by atoms with Gasteiger partial charge in [0.2, 0.25) is 0 Å². The molecule has 2 saturated carbocycles. The molecule has 0 bridgehead atoms. The highest BCUT2D eigenvalue weighted by atomic mass is 16.5. The summed E-state index contributed by atoms with van der Waals surface area (Å²) < 4.78 is 7.88. The monoisotopic (exact) mass is 550 g/mol. The Morgan fingerprint density at radius 2 is 1.75 bits per heavy atom. The zero-order valence-corrected chi connectivity index (χ0v) is 25.3. The molecule has 3 aliphatic rings. The molecule has 1 atom stereocenters. The second kappa shape index (κ2) is 11.3. The summed E-state index contributed by atoms with van der Waals surface area (Å²) in [5, 5.41) is 24.7. The number of carbonyl (C=O) groups is 1. The topological polar surface area (TPSA) is 83.7 Å². The number of nitrogens with one attached hydrogen (secondary N) is 1. The van der Waals surface area contributed by atoms with E-state index in [0.29, 0.717) is 32.0 Å². The van der Waals surface area contributed by atoms with Crippen molar-refractivity contribution in [2.75, 3.05) is 19.8 Å². The van der Waals surface area contributed by atoms with E-state index in [1.54, 1.807) is 0 Å². The van der Waals surface area contributed by atoms with Crippen molar-refractivity contribution < 1.29 is 19.7 Å². The molecule has 6 nitrogen and oxygen atoms in total. The normalized spacial score (nSPS) is 21.8. The summed E-state index contributed by atoms with van der Waals surface area (Å²) in [6, 6.07) is 9.31. The van der Waals surface area contributed by atoms with Gasteiger partial charge in [0, 0.05) is 43.3 Å². The minimum atomic E-state index is -0.934.